The fourth-order valence-corrected chi connectivity index (χ4v) is 3.22. The predicted octanol–water partition coefficient (Wildman–Crippen LogP) is 2.47. The zero-order chi connectivity index (χ0) is 18.9. The molecule has 0 aromatic heterocycles. The van der Waals surface area contributed by atoms with Crippen molar-refractivity contribution in [3.8, 4) is 11.8 Å². The Labute approximate surface area is 155 Å². The fourth-order valence-electron chi connectivity index (χ4n) is 3.22. The first kappa shape index (κ1) is 19.2. The maximum absolute atomic E-state index is 14.6. The Kier molecular flexibility index (Phi) is 5.29. The van der Waals surface area contributed by atoms with Gasteiger partial charge in [0.1, 0.15) is 24.2 Å². The standard InChI is InChI=1S/C19H26BFN2O3/c1-18(2)19(3,4)26-20(25-18)15-12-17(14(13-22)11-16(15)21)24-10-9-23-7-5-6-8-23/h11-12H,5-10H2,1-4H3. The van der Waals surface area contributed by atoms with Crippen LogP contribution in [-0.4, -0.2) is 49.5 Å². The third kappa shape index (κ3) is 3.73. The van der Waals surface area contributed by atoms with Crippen LogP contribution in [0.3, 0.4) is 0 Å². The van der Waals surface area contributed by atoms with Crippen LogP contribution in [0.1, 0.15) is 46.1 Å². The van der Waals surface area contributed by atoms with Crippen LogP contribution in [0.4, 0.5) is 4.39 Å². The average Bonchev–Trinajstić information content (AvgIpc) is 3.14. The largest absolute Gasteiger partial charge is 0.497 e. The van der Waals surface area contributed by atoms with Crippen molar-refractivity contribution in [3.63, 3.8) is 0 Å². The first-order valence-electron chi connectivity index (χ1n) is 9.18. The summed E-state index contributed by atoms with van der Waals surface area (Å²) in [5.41, 5.74) is -0.674. The Morgan fingerprint density at radius 2 is 1.81 bits per heavy atom. The minimum absolute atomic E-state index is 0.184. The molecule has 0 unspecified atom stereocenters. The van der Waals surface area contributed by atoms with Gasteiger partial charge in [0.25, 0.3) is 0 Å². The fraction of sp³-hybridized carbons (Fsp3) is 0.632. The molecule has 140 valence electrons. The van der Waals surface area contributed by atoms with Crippen molar-refractivity contribution >= 4 is 12.6 Å². The monoisotopic (exact) mass is 360 g/mol. The number of ether oxygens (including phenoxy) is 1. The molecular weight excluding hydrogens is 334 g/mol. The molecule has 0 amide bonds. The molecular formula is C19H26BFN2O3. The van der Waals surface area contributed by atoms with Crippen LogP contribution in [0, 0.1) is 17.1 Å². The number of nitriles is 1. The molecule has 7 heteroatoms. The van der Waals surface area contributed by atoms with Gasteiger partial charge < -0.3 is 14.0 Å². The maximum atomic E-state index is 14.6. The van der Waals surface area contributed by atoms with E-state index < -0.39 is 24.1 Å². The molecule has 0 spiro atoms. The summed E-state index contributed by atoms with van der Waals surface area (Å²) in [4.78, 5) is 2.32. The van der Waals surface area contributed by atoms with E-state index in [1.807, 2.05) is 33.8 Å². The number of rotatable bonds is 5. The highest BCUT2D eigenvalue weighted by molar-refractivity contribution is 6.62. The molecule has 2 saturated heterocycles. The molecule has 1 aromatic carbocycles. The Morgan fingerprint density at radius 3 is 2.38 bits per heavy atom. The van der Waals surface area contributed by atoms with Gasteiger partial charge in [-0.25, -0.2) is 4.39 Å². The SMILES string of the molecule is CC1(C)OB(c2cc(OCCN3CCCC3)c(C#N)cc2F)OC1(C)C. The van der Waals surface area contributed by atoms with Gasteiger partial charge in [-0.1, -0.05) is 0 Å². The Bertz CT molecular complexity index is 695. The van der Waals surface area contributed by atoms with E-state index in [-0.39, 0.29) is 11.0 Å². The van der Waals surface area contributed by atoms with Gasteiger partial charge in [-0.15, -0.1) is 0 Å². The lowest BCUT2D eigenvalue weighted by Gasteiger charge is -2.32. The van der Waals surface area contributed by atoms with Crippen LogP contribution >= 0.6 is 0 Å². The summed E-state index contributed by atoms with van der Waals surface area (Å²) in [5, 5.41) is 9.31. The van der Waals surface area contributed by atoms with Crippen LogP contribution < -0.4 is 10.2 Å². The van der Waals surface area contributed by atoms with Gasteiger partial charge in [-0.2, -0.15) is 5.26 Å². The number of hydrogen-bond donors (Lipinski definition) is 0. The first-order chi connectivity index (χ1) is 12.2. The molecule has 1 aromatic rings. The lowest BCUT2D eigenvalue weighted by atomic mass is 9.78. The highest BCUT2D eigenvalue weighted by atomic mass is 19.1. The third-order valence-corrected chi connectivity index (χ3v) is 5.59. The molecule has 2 aliphatic heterocycles. The molecule has 0 saturated carbocycles. The lowest BCUT2D eigenvalue weighted by Crippen LogP contribution is -2.41. The van der Waals surface area contributed by atoms with Crippen molar-refractivity contribution in [3.05, 3.63) is 23.5 Å². The van der Waals surface area contributed by atoms with Crippen molar-refractivity contribution < 1.29 is 18.4 Å². The van der Waals surface area contributed by atoms with E-state index in [1.165, 1.54) is 18.9 Å². The van der Waals surface area contributed by atoms with Crippen LogP contribution in [0.5, 0.6) is 5.75 Å². The highest BCUT2D eigenvalue weighted by Crippen LogP contribution is 2.37. The summed E-state index contributed by atoms with van der Waals surface area (Å²) in [6.07, 6.45) is 2.43. The topological polar surface area (TPSA) is 54.7 Å². The Balaban J connectivity index is 1.77. The molecule has 3 rings (SSSR count). The molecule has 0 bridgehead atoms. The summed E-state index contributed by atoms with van der Waals surface area (Å²) >= 11 is 0. The lowest BCUT2D eigenvalue weighted by molar-refractivity contribution is 0.00578. The summed E-state index contributed by atoms with van der Waals surface area (Å²) in [6.45, 7) is 11.1. The second-order valence-electron chi connectivity index (χ2n) is 7.97. The van der Waals surface area contributed by atoms with E-state index in [9.17, 15) is 9.65 Å². The summed E-state index contributed by atoms with van der Waals surface area (Å²) in [6, 6.07) is 4.75. The number of likely N-dealkylation sites (tertiary alicyclic amines) is 1. The normalized spacial score (nSPS) is 21.8. The van der Waals surface area contributed by atoms with Gasteiger partial charge in [0.05, 0.1) is 16.8 Å². The summed E-state index contributed by atoms with van der Waals surface area (Å²) < 4.78 is 32.2. The molecule has 0 atom stereocenters. The molecule has 0 N–H and O–H groups in total. The summed E-state index contributed by atoms with van der Waals surface area (Å²) in [5.74, 6) is -0.148. The second-order valence-corrected chi connectivity index (χ2v) is 7.97. The van der Waals surface area contributed by atoms with Crippen molar-refractivity contribution in [2.24, 2.45) is 0 Å². The van der Waals surface area contributed by atoms with Gasteiger partial charge in [0.2, 0.25) is 0 Å². The Morgan fingerprint density at radius 1 is 1.19 bits per heavy atom. The van der Waals surface area contributed by atoms with Gasteiger partial charge in [0.15, 0.2) is 0 Å². The van der Waals surface area contributed by atoms with Crippen LogP contribution in [0.25, 0.3) is 0 Å². The highest BCUT2D eigenvalue weighted by Gasteiger charge is 2.52. The predicted molar refractivity (Wildman–Crippen MR) is 98.0 cm³/mol. The second kappa shape index (κ2) is 7.18. The van der Waals surface area contributed by atoms with Gasteiger partial charge >= 0.3 is 7.12 Å². The number of hydrogen-bond acceptors (Lipinski definition) is 5. The van der Waals surface area contributed by atoms with Gasteiger partial charge in [-0.05, 0) is 65.8 Å². The smallest absolute Gasteiger partial charge is 0.491 e. The molecule has 2 aliphatic rings. The van der Waals surface area contributed by atoms with Gasteiger partial charge in [0, 0.05) is 12.0 Å². The molecule has 26 heavy (non-hydrogen) atoms. The average molecular weight is 360 g/mol. The number of nitrogens with zero attached hydrogens (tertiary/aromatic N) is 2. The van der Waals surface area contributed by atoms with Crippen LogP contribution in [0.2, 0.25) is 0 Å². The molecule has 2 heterocycles. The van der Waals surface area contributed by atoms with E-state index in [0.717, 1.165) is 19.6 Å². The van der Waals surface area contributed by atoms with E-state index in [4.69, 9.17) is 14.0 Å². The van der Waals surface area contributed by atoms with E-state index in [2.05, 4.69) is 4.90 Å². The number of benzene rings is 1. The van der Waals surface area contributed by atoms with Crippen LogP contribution in [-0.2, 0) is 9.31 Å². The third-order valence-electron chi connectivity index (χ3n) is 5.59. The van der Waals surface area contributed by atoms with Crippen molar-refractivity contribution in [2.75, 3.05) is 26.2 Å². The zero-order valence-electron chi connectivity index (χ0n) is 16.0. The minimum atomic E-state index is -0.825. The van der Waals surface area contributed by atoms with E-state index >= 15 is 0 Å². The minimum Gasteiger partial charge on any atom is -0.491 e. The molecule has 5 nitrogen and oxygen atoms in total. The van der Waals surface area contributed by atoms with Crippen molar-refractivity contribution in [1.29, 1.82) is 5.26 Å². The van der Waals surface area contributed by atoms with Crippen LogP contribution in [0.15, 0.2) is 12.1 Å². The van der Waals surface area contributed by atoms with Gasteiger partial charge in [-0.3, -0.25) is 4.90 Å². The van der Waals surface area contributed by atoms with E-state index in [1.54, 1.807) is 6.07 Å². The Hall–Kier alpha value is -1.62. The molecule has 0 aliphatic carbocycles. The van der Waals surface area contributed by atoms with E-state index in [0.29, 0.717) is 12.4 Å². The van der Waals surface area contributed by atoms with Crippen molar-refractivity contribution in [2.45, 2.75) is 51.7 Å². The first-order valence-corrected chi connectivity index (χ1v) is 9.18. The molecule has 2 fully saturated rings. The molecule has 0 radical (unpaired) electrons. The quantitative estimate of drug-likeness (QED) is 0.755. The maximum Gasteiger partial charge on any atom is 0.497 e. The summed E-state index contributed by atoms with van der Waals surface area (Å²) in [7, 11) is -0.825. The zero-order valence-corrected chi connectivity index (χ0v) is 16.0. The van der Waals surface area contributed by atoms with Crippen molar-refractivity contribution in [1.82, 2.24) is 4.90 Å². The number of halogens is 1.